The summed E-state index contributed by atoms with van der Waals surface area (Å²) in [7, 11) is 0. The summed E-state index contributed by atoms with van der Waals surface area (Å²) in [5.41, 5.74) is 6.27. The van der Waals surface area contributed by atoms with Crippen LogP contribution in [0.25, 0.3) is 0 Å². The van der Waals surface area contributed by atoms with E-state index < -0.39 is 0 Å². The predicted molar refractivity (Wildman–Crippen MR) is 75.9 cm³/mol. The Labute approximate surface area is 115 Å². The molecular formula is C14H15N3OS. The molecular weight excluding hydrogens is 258 g/mol. The normalized spacial score (nSPS) is 14.3. The number of aromatic nitrogens is 1. The monoisotopic (exact) mass is 273 g/mol. The number of nitrogen functional groups attached to an aromatic ring is 1. The molecule has 0 bridgehead atoms. The number of pyridine rings is 1. The van der Waals surface area contributed by atoms with E-state index in [1.165, 1.54) is 4.88 Å². The van der Waals surface area contributed by atoms with Gasteiger partial charge < -0.3 is 10.6 Å². The summed E-state index contributed by atoms with van der Waals surface area (Å²) in [6.45, 7) is 0.684. The highest BCUT2D eigenvalue weighted by atomic mass is 32.1. The van der Waals surface area contributed by atoms with E-state index in [1.54, 1.807) is 29.7 Å². The van der Waals surface area contributed by atoms with Crippen LogP contribution in [-0.2, 0) is 6.54 Å². The SMILES string of the molecule is Nc1cc(C(=O)N(Cc2cccs2)C2CC2)ccn1. The fraction of sp³-hybridized carbons (Fsp3) is 0.286. The first-order valence-corrected chi connectivity index (χ1v) is 7.17. The zero-order valence-electron chi connectivity index (χ0n) is 10.5. The molecule has 0 aromatic carbocycles. The van der Waals surface area contributed by atoms with Crippen molar-refractivity contribution in [2.75, 3.05) is 5.73 Å². The number of rotatable bonds is 4. The molecule has 5 heteroatoms. The fourth-order valence-electron chi connectivity index (χ4n) is 2.07. The third-order valence-corrected chi connectivity index (χ3v) is 4.04. The maximum Gasteiger partial charge on any atom is 0.254 e. The van der Waals surface area contributed by atoms with Crippen molar-refractivity contribution in [1.29, 1.82) is 0 Å². The van der Waals surface area contributed by atoms with Crippen molar-refractivity contribution in [2.24, 2.45) is 0 Å². The van der Waals surface area contributed by atoms with Gasteiger partial charge in [0.1, 0.15) is 5.82 Å². The number of nitrogens with two attached hydrogens (primary N) is 1. The maximum atomic E-state index is 12.6. The van der Waals surface area contributed by atoms with Gasteiger partial charge in [-0.05, 0) is 36.4 Å². The van der Waals surface area contributed by atoms with Crippen LogP contribution in [0.4, 0.5) is 5.82 Å². The minimum atomic E-state index is 0.0463. The van der Waals surface area contributed by atoms with Crippen molar-refractivity contribution in [2.45, 2.75) is 25.4 Å². The number of hydrogen-bond acceptors (Lipinski definition) is 4. The van der Waals surface area contributed by atoms with E-state index in [1.807, 2.05) is 16.3 Å². The molecule has 0 spiro atoms. The van der Waals surface area contributed by atoms with Crippen LogP contribution in [0.2, 0.25) is 0 Å². The standard InChI is InChI=1S/C14H15N3OS/c15-13-8-10(5-6-16-13)14(18)17(11-3-4-11)9-12-2-1-7-19-12/h1-2,5-8,11H,3-4,9H2,(H2,15,16). The first-order chi connectivity index (χ1) is 9.24. The second-order valence-electron chi connectivity index (χ2n) is 4.71. The lowest BCUT2D eigenvalue weighted by molar-refractivity contribution is 0.0731. The van der Waals surface area contributed by atoms with E-state index in [9.17, 15) is 4.79 Å². The van der Waals surface area contributed by atoms with Gasteiger partial charge >= 0.3 is 0 Å². The average Bonchev–Trinajstić information content (AvgIpc) is 3.12. The van der Waals surface area contributed by atoms with Crippen LogP contribution in [0.1, 0.15) is 28.1 Å². The predicted octanol–water partition coefficient (Wildman–Crippen LogP) is 2.53. The highest BCUT2D eigenvalue weighted by molar-refractivity contribution is 7.09. The van der Waals surface area contributed by atoms with Crippen molar-refractivity contribution in [3.8, 4) is 0 Å². The van der Waals surface area contributed by atoms with Crippen LogP contribution in [0.5, 0.6) is 0 Å². The van der Waals surface area contributed by atoms with Gasteiger partial charge in [0.2, 0.25) is 0 Å². The lowest BCUT2D eigenvalue weighted by Crippen LogP contribution is -2.32. The van der Waals surface area contributed by atoms with E-state index in [2.05, 4.69) is 11.1 Å². The average molecular weight is 273 g/mol. The lowest BCUT2D eigenvalue weighted by atomic mass is 10.2. The van der Waals surface area contributed by atoms with Gasteiger partial charge in [-0.2, -0.15) is 0 Å². The molecule has 0 saturated heterocycles. The second kappa shape index (κ2) is 5.01. The van der Waals surface area contributed by atoms with Crippen molar-refractivity contribution in [3.05, 3.63) is 46.3 Å². The van der Waals surface area contributed by atoms with Gasteiger partial charge in [0.05, 0.1) is 6.54 Å². The summed E-state index contributed by atoms with van der Waals surface area (Å²) >= 11 is 1.68. The topological polar surface area (TPSA) is 59.2 Å². The maximum absolute atomic E-state index is 12.6. The molecule has 2 aromatic rings. The van der Waals surface area contributed by atoms with Crippen molar-refractivity contribution >= 4 is 23.1 Å². The minimum Gasteiger partial charge on any atom is -0.384 e. The molecule has 1 aliphatic rings. The molecule has 2 aromatic heterocycles. The Morgan fingerprint density at radius 2 is 2.32 bits per heavy atom. The number of amides is 1. The number of hydrogen-bond donors (Lipinski definition) is 1. The van der Waals surface area contributed by atoms with Crippen molar-refractivity contribution < 1.29 is 4.79 Å². The highest BCUT2D eigenvalue weighted by Crippen LogP contribution is 2.30. The van der Waals surface area contributed by atoms with Gasteiger partial charge in [0.15, 0.2) is 0 Å². The summed E-state index contributed by atoms with van der Waals surface area (Å²) in [4.78, 5) is 19.6. The summed E-state index contributed by atoms with van der Waals surface area (Å²) in [5.74, 6) is 0.433. The summed E-state index contributed by atoms with van der Waals surface area (Å²) < 4.78 is 0. The molecule has 0 aliphatic heterocycles. The Morgan fingerprint density at radius 1 is 1.47 bits per heavy atom. The van der Waals surface area contributed by atoms with E-state index in [0.717, 1.165) is 12.8 Å². The van der Waals surface area contributed by atoms with Gasteiger partial charge in [-0.25, -0.2) is 4.98 Å². The zero-order chi connectivity index (χ0) is 13.2. The molecule has 1 saturated carbocycles. The van der Waals surface area contributed by atoms with Gasteiger partial charge in [0, 0.05) is 22.7 Å². The van der Waals surface area contributed by atoms with Crippen LogP contribution >= 0.6 is 11.3 Å². The van der Waals surface area contributed by atoms with E-state index in [0.29, 0.717) is 24.0 Å². The molecule has 2 heterocycles. The molecule has 2 N–H and O–H groups in total. The summed E-state index contributed by atoms with van der Waals surface area (Å²) in [6.07, 6.45) is 3.77. The van der Waals surface area contributed by atoms with Crippen LogP contribution in [0, 0.1) is 0 Å². The van der Waals surface area contributed by atoms with E-state index >= 15 is 0 Å². The molecule has 98 valence electrons. The molecule has 1 fully saturated rings. The first-order valence-electron chi connectivity index (χ1n) is 6.29. The number of thiophene rings is 1. The summed E-state index contributed by atoms with van der Waals surface area (Å²) in [5, 5.41) is 2.04. The number of nitrogens with zero attached hydrogens (tertiary/aromatic N) is 2. The van der Waals surface area contributed by atoms with Gasteiger partial charge in [-0.1, -0.05) is 6.07 Å². The molecule has 3 rings (SSSR count). The molecule has 0 radical (unpaired) electrons. The highest BCUT2D eigenvalue weighted by Gasteiger charge is 2.33. The van der Waals surface area contributed by atoms with E-state index in [-0.39, 0.29) is 5.91 Å². The third kappa shape index (κ3) is 2.76. The lowest BCUT2D eigenvalue weighted by Gasteiger charge is -2.21. The van der Waals surface area contributed by atoms with Gasteiger partial charge in [-0.3, -0.25) is 4.79 Å². The van der Waals surface area contributed by atoms with Crippen LogP contribution < -0.4 is 5.73 Å². The molecule has 0 atom stereocenters. The third-order valence-electron chi connectivity index (χ3n) is 3.18. The molecule has 1 aliphatic carbocycles. The molecule has 1 amide bonds. The van der Waals surface area contributed by atoms with Crippen molar-refractivity contribution in [1.82, 2.24) is 9.88 Å². The van der Waals surface area contributed by atoms with E-state index in [4.69, 9.17) is 5.73 Å². The quantitative estimate of drug-likeness (QED) is 0.931. The molecule has 4 nitrogen and oxygen atoms in total. The number of carbonyl (C=O) groups is 1. The Bertz CT molecular complexity index is 578. The van der Waals surface area contributed by atoms with Gasteiger partial charge in [-0.15, -0.1) is 11.3 Å². The van der Waals surface area contributed by atoms with Crippen LogP contribution in [0.3, 0.4) is 0 Å². The Morgan fingerprint density at radius 3 is 2.95 bits per heavy atom. The smallest absolute Gasteiger partial charge is 0.254 e. The minimum absolute atomic E-state index is 0.0463. The first kappa shape index (κ1) is 12.2. The largest absolute Gasteiger partial charge is 0.384 e. The second-order valence-corrected chi connectivity index (χ2v) is 5.75. The number of anilines is 1. The molecule has 0 unspecified atom stereocenters. The fourth-order valence-corrected chi connectivity index (χ4v) is 2.77. The Hall–Kier alpha value is -1.88. The Kier molecular flexibility index (Phi) is 3.21. The Balaban J connectivity index is 1.82. The van der Waals surface area contributed by atoms with Gasteiger partial charge in [0.25, 0.3) is 5.91 Å². The zero-order valence-corrected chi connectivity index (χ0v) is 11.3. The molecule has 19 heavy (non-hydrogen) atoms. The summed E-state index contributed by atoms with van der Waals surface area (Å²) in [6, 6.07) is 7.83. The number of carbonyl (C=O) groups excluding carboxylic acids is 1. The van der Waals surface area contributed by atoms with Crippen molar-refractivity contribution in [3.63, 3.8) is 0 Å². The van der Waals surface area contributed by atoms with Crippen LogP contribution in [0.15, 0.2) is 35.8 Å². The van der Waals surface area contributed by atoms with Crippen LogP contribution in [-0.4, -0.2) is 21.8 Å².